The maximum atomic E-state index is 11.7. The Morgan fingerprint density at radius 2 is 2.20 bits per heavy atom. The van der Waals surface area contributed by atoms with Crippen molar-refractivity contribution in [2.75, 3.05) is 12.4 Å². The van der Waals surface area contributed by atoms with Crippen LogP contribution in [-0.2, 0) is 0 Å². The first-order valence-electron chi connectivity index (χ1n) is 5.25. The molecule has 1 aromatic heterocycles. The lowest BCUT2D eigenvalue weighted by atomic mass is 10.1. The van der Waals surface area contributed by atoms with Crippen LogP contribution in [-0.4, -0.2) is 29.2 Å². The minimum atomic E-state index is -0.0994. The second-order valence-electron chi connectivity index (χ2n) is 3.40. The Labute approximate surface area is 89.6 Å². The van der Waals surface area contributed by atoms with Crippen LogP contribution in [0.2, 0.25) is 0 Å². The fourth-order valence-electron chi connectivity index (χ4n) is 1.32. The van der Waals surface area contributed by atoms with Gasteiger partial charge >= 0.3 is 0 Å². The van der Waals surface area contributed by atoms with Crippen LogP contribution in [0.25, 0.3) is 0 Å². The van der Waals surface area contributed by atoms with Gasteiger partial charge in [0.2, 0.25) is 0 Å². The molecule has 0 aliphatic heterocycles. The number of amides is 1. The molecule has 1 heterocycles. The molecule has 0 aliphatic rings. The molecule has 3 N–H and O–H groups in total. The van der Waals surface area contributed by atoms with Gasteiger partial charge in [-0.3, -0.25) is 9.89 Å². The zero-order chi connectivity index (χ0) is 11.3. The highest BCUT2D eigenvalue weighted by molar-refractivity contribution is 5.93. The van der Waals surface area contributed by atoms with Gasteiger partial charge in [-0.15, -0.1) is 0 Å². The Hall–Kier alpha value is -1.52. The molecule has 1 amide bonds. The minimum Gasteiger partial charge on any atom is -0.372 e. The monoisotopic (exact) mass is 210 g/mol. The second-order valence-corrected chi connectivity index (χ2v) is 3.40. The van der Waals surface area contributed by atoms with Crippen molar-refractivity contribution in [2.45, 2.75) is 32.7 Å². The van der Waals surface area contributed by atoms with E-state index in [-0.39, 0.29) is 11.9 Å². The zero-order valence-electron chi connectivity index (χ0n) is 9.42. The van der Waals surface area contributed by atoms with E-state index >= 15 is 0 Å². The third-order valence-corrected chi connectivity index (χ3v) is 2.40. The predicted molar refractivity (Wildman–Crippen MR) is 60.0 cm³/mol. The Morgan fingerprint density at radius 1 is 1.53 bits per heavy atom. The van der Waals surface area contributed by atoms with Gasteiger partial charge in [-0.05, 0) is 12.8 Å². The molecule has 0 bridgehead atoms. The molecular formula is C10H18N4O. The molecular weight excluding hydrogens is 192 g/mol. The summed E-state index contributed by atoms with van der Waals surface area (Å²) in [4.78, 5) is 11.7. The van der Waals surface area contributed by atoms with Crippen molar-refractivity contribution in [1.82, 2.24) is 15.5 Å². The molecule has 0 fully saturated rings. The van der Waals surface area contributed by atoms with E-state index < -0.39 is 0 Å². The fourth-order valence-corrected chi connectivity index (χ4v) is 1.32. The maximum absolute atomic E-state index is 11.7. The summed E-state index contributed by atoms with van der Waals surface area (Å²) in [6.45, 7) is 4.11. The van der Waals surface area contributed by atoms with Gasteiger partial charge in [-0.1, -0.05) is 13.8 Å². The van der Waals surface area contributed by atoms with Gasteiger partial charge in [0.25, 0.3) is 5.91 Å². The number of anilines is 1. The molecule has 0 spiro atoms. The lowest BCUT2D eigenvalue weighted by molar-refractivity contribution is 0.0930. The van der Waals surface area contributed by atoms with Crippen molar-refractivity contribution in [3.05, 3.63) is 11.8 Å². The normalized spacial score (nSPS) is 10.4. The molecule has 0 atom stereocenters. The second kappa shape index (κ2) is 5.38. The van der Waals surface area contributed by atoms with E-state index in [2.05, 4.69) is 34.7 Å². The summed E-state index contributed by atoms with van der Waals surface area (Å²) < 4.78 is 0. The molecule has 0 saturated heterocycles. The number of nitrogens with one attached hydrogen (secondary N) is 3. The smallest absolute Gasteiger partial charge is 0.269 e. The van der Waals surface area contributed by atoms with E-state index in [0.717, 1.165) is 12.8 Å². The minimum absolute atomic E-state index is 0.0994. The Kier molecular flexibility index (Phi) is 4.15. The van der Waals surface area contributed by atoms with Crippen molar-refractivity contribution in [1.29, 1.82) is 0 Å². The van der Waals surface area contributed by atoms with E-state index in [1.165, 1.54) is 0 Å². The highest BCUT2D eigenvalue weighted by atomic mass is 16.2. The third-order valence-electron chi connectivity index (χ3n) is 2.40. The average Bonchev–Trinajstić information content (AvgIpc) is 2.74. The van der Waals surface area contributed by atoms with Crippen LogP contribution in [0.1, 0.15) is 37.2 Å². The van der Waals surface area contributed by atoms with E-state index in [4.69, 9.17) is 0 Å². The molecule has 0 aromatic carbocycles. The lowest BCUT2D eigenvalue weighted by Crippen LogP contribution is -2.33. The summed E-state index contributed by atoms with van der Waals surface area (Å²) >= 11 is 0. The van der Waals surface area contributed by atoms with Crippen LogP contribution in [0.5, 0.6) is 0 Å². The van der Waals surface area contributed by atoms with E-state index in [1.807, 2.05) is 0 Å². The van der Waals surface area contributed by atoms with Gasteiger partial charge in [0.15, 0.2) is 0 Å². The summed E-state index contributed by atoms with van der Waals surface area (Å²) in [7, 11) is 1.76. The molecule has 5 nitrogen and oxygen atoms in total. The van der Waals surface area contributed by atoms with Crippen molar-refractivity contribution >= 4 is 11.7 Å². The molecule has 84 valence electrons. The number of carbonyl (C=O) groups excluding carboxylic acids is 1. The summed E-state index contributed by atoms with van der Waals surface area (Å²) in [5.74, 6) is 0.572. The number of rotatable bonds is 5. The first-order valence-corrected chi connectivity index (χ1v) is 5.25. The zero-order valence-corrected chi connectivity index (χ0v) is 9.42. The van der Waals surface area contributed by atoms with Crippen molar-refractivity contribution in [3.8, 4) is 0 Å². The average molecular weight is 210 g/mol. The van der Waals surface area contributed by atoms with E-state index in [0.29, 0.717) is 11.5 Å². The summed E-state index contributed by atoms with van der Waals surface area (Å²) in [6, 6.07) is 1.93. The number of hydrogen-bond donors (Lipinski definition) is 3. The Morgan fingerprint density at radius 3 is 2.67 bits per heavy atom. The lowest BCUT2D eigenvalue weighted by Gasteiger charge is -2.13. The van der Waals surface area contributed by atoms with Crippen LogP contribution < -0.4 is 10.6 Å². The number of carbonyl (C=O) groups is 1. The van der Waals surface area contributed by atoms with Crippen LogP contribution in [0, 0.1) is 0 Å². The van der Waals surface area contributed by atoms with Crippen LogP contribution in [0.3, 0.4) is 0 Å². The van der Waals surface area contributed by atoms with Crippen LogP contribution in [0.4, 0.5) is 5.82 Å². The van der Waals surface area contributed by atoms with Gasteiger partial charge in [0.05, 0.1) is 0 Å². The summed E-state index contributed by atoms with van der Waals surface area (Å²) in [5, 5.41) is 12.4. The highest BCUT2D eigenvalue weighted by Crippen LogP contribution is 2.05. The van der Waals surface area contributed by atoms with Gasteiger partial charge in [-0.25, -0.2) is 0 Å². The maximum Gasteiger partial charge on any atom is 0.269 e. The van der Waals surface area contributed by atoms with Gasteiger partial charge in [0.1, 0.15) is 11.5 Å². The van der Waals surface area contributed by atoms with Gasteiger partial charge in [-0.2, -0.15) is 5.10 Å². The molecule has 0 aliphatic carbocycles. The molecule has 1 rings (SSSR count). The largest absolute Gasteiger partial charge is 0.372 e. The molecule has 0 radical (unpaired) electrons. The van der Waals surface area contributed by atoms with Gasteiger partial charge < -0.3 is 10.6 Å². The molecule has 5 heteroatoms. The number of aromatic nitrogens is 2. The van der Waals surface area contributed by atoms with Crippen molar-refractivity contribution in [3.63, 3.8) is 0 Å². The quantitative estimate of drug-likeness (QED) is 0.687. The topological polar surface area (TPSA) is 69.8 Å². The first-order chi connectivity index (χ1) is 7.21. The van der Waals surface area contributed by atoms with Crippen LogP contribution >= 0.6 is 0 Å². The predicted octanol–water partition coefficient (Wildman–Crippen LogP) is 1.37. The van der Waals surface area contributed by atoms with E-state index in [9.17, 15) is 4.79 Å². The molecule has 0 unspecified atom stereocenters. The summed E-state index contributed by atoms with van der Waals surface area (Å²) in [5.41, 5.74) is 0.492. The number of aromatic amines is 1. The fraction of sp³-hybridized carbons (Fsp3) is 0.600. The van der Waals surface area contributed by atoms with Crippen LogP contribution in [0.15, 0.2) is 6.07 Å². The molecule has 15 heavy (non-hydrogen) atoms. The van der Waals surface area contributed by atoms with Gasteiger partial charge in [0, 0.05) is 19.2 Å². The van der Waals surface area contributed by atoms with E-state index in [1.54, 1.807) is 13.1 Å². The molecule has 1 aromatic rings. The van der Waals surface area contributed by atoms with Crippen molar-refractivity contribution in [2.24, 2.45) is 0 Å². The van der Waals surface area contributed by atoms with Crippen molar-refractivity contribution < 1.29 is 4.79 Å². The SMILES string of the molecule is CCC(CC)NC(=O)c1cc(NC)n[nH]1. The number of H-pyrrole nitrogens is 1. The highest BCUT2D eigenvalue weighted by Gasteiger charge is 2.12. The Bertz CT molecular complexity index is 317. The Balaban J connectivity index is 2.60. The number of hydrogen-bond acceptors (Lipinski definition) is 3. The number of nitrogens with zero attached hydrogens (tertiary/aromatic N) is 1. The standard InChI is InChI=1S/C10H18N4O/c1-4-7(5-2)12-10(15)8-6-9(11-3)14-13-8/h6-7H,4-5H2,1-3H3,(H,12,15)(H2,11,13,14). The molecule has 0 saturated carbocycles. The third kappa shape index (κ3) is 2.97. The first kappa shape index (κ1) is 11.6. The summed E-state index contributed by atoms with van der Waals surface area (Å²) in [6.07, 6.45) is 1.88.